The summed E-state index contributed by atoms with van der Waals surface area (Å²) < 4.78 is 11.8. The first-order valence-corrected chi connectivity index (χ1v) is 9.72. The van der Waals surface area contributed by atoms with Crippen molar-refractivity contribution in [1.29, 1.82) is 0 Å². The second kappa shape index (κ2) is 8.36. The molecule has 0 radical (unpaired) electrons. The fraction of sp³-hybridized carbons (Fsp3) is 0.120. The van der Waals surface area contributed by atoms with Crippen LogP contribution in [-0.4, -0.2) is 30.1 Å². The summed E-state index contributed by atoms with van der Waals surface area (Å²) in [5.74, 6) is 1.11. The summed E-state index contributed by atoms with van der Waals surface area (Å²) in [5, 5.41) is 12.1. The van der Waals surface area contributed by atoms with Crippen molar-refractivity contribution in [2.24, 2.45) is 4.99 Å². The summed E-state index contributed by atoms with van der Waals surface area (Å²) in [7, 11) is 3.15. The van der Waals surface area contributed by atoms with Gasteiger partial charge in [-0.05, 0) is 61.5 Å². The third-order valence-corrected chi connectivity index (χ3v) is 5.11. The van der Waals surface area contributed by atoms with E-state index in [0.717, 1.165) is 11.3 Å². The summed E-state index contributed by atoms with van der Waals surface area (Å²) in [6.45, 7) is 1.96. The normalized spacial score (nSPS) is 11.2. The molecule has 0 aliphatic carbocycles. The Kier molecular flexibility index (Phi) is 5.45. The van der Waals surface area contributed by atoms with Crippen molar-refractivity contribution in [3.05, 3.63) is 88.2 Å². The van der Waals surface area contributed by atoms with E-state index in [9.17, 15) is 9.90 Å². The lowest BCUT2D eigenvalue weighted by atomic mass is 10.1. The van der Waals surface area contributed by atoms with Gasteiger partial charge in [-0.25, -0.2) is 4.57 Å². The molecular weight excluding hydrogens is 392 g/mol. The van der Waals surface area contributed by atoms with Gasteiger partial charge in [0, 0.05) is 11.6 Å². The summed E-state index contributed by atoms with van der Waals surface area (Å²) in [4.78, 5) is 17.8. The summed E-state index contributed by atoms with van der Waals surface area (Å²) >= 11 is 0. The molecule has 0 fully saturated rings. The van der Waals surface area contributed by atoms with Gasteiger partial charge >= 0.3 is 0 Å². The monoisotopic (exact) mass is 414 g/mol. The molecule has 1 N–H and O–H groups in total. The number of methoxy groups -OCH3 is 2. The second-order valence-corrected chi connectivity index (χ2v) is 7.08. The van der Waals surface area contributed by atoms with Gasteiger partial charge in [0.15, 0.2) is 0 Å². The highest BCUT2D eigenvalue weighted by atomic mass is 16.5. The van der Waals surface area contributed by atoms with Crippen LogP contribution in [-0.2, 0) is 0 Å². The van der Waals surface area contributed by atoms with Crippen LogP contribution in [0.1, 0.15) is 11.1 Å². The first-order chi connectivity index (χ1) is 15.0. The number of benzene rings is 3. The molecule has 31 heavy (non-hydrogen) atoms. The first-order valence-electron chi connectivity index (χ1n) is 9.72. The number of hydrogen-bond acceptors (Lipinski definition) is 5. The molecule has 0 saturated carbocycles. The minimum Gasteiger partial charge on any atom is -0.497 e. The molecular formula is C25H22N2O4. The van der Waals surface area contributed by atoms with Crippen LogP contribution in [0.5, 0.6) is 17.4 Å². The minimum atomic E-state index is -0.336. The van der Waals surface area contributed by atoms with Crippen LogP contribution in [0.2, 0.25) is 0 Å². The van der Waals surface area contributed by atoms with Crippen molar-refractivity contribution in [3.63, 3.8) is 0 Å². The molecule has 0 bridgehead atoms. The smallest absolute Gasteiger partial charge is 0.265 e. The van der Waals surface area contributed by atoms with Gasteiger partial charge in [-0.15, -0.1) is 0 Å². The Bertz CT molecular complexity index is 1320. The average Bonchev–Trinajstić information content (AvgIpc) is 2.80. The fourth-order valence-corrected chi connectivity index (χ4v) is 3.39. The third kappa shape index (κ3) is 3.88. The van der Waals surface area contributed by atoms with Crippen LogP contribution in [0.4, 0.5) is 5.69 Å². The molecule has 4 aromatic rings. The van der Waals surface area contributed by atoms with E-state index in [-0.39, 0.29) is 11.4 Å². The van der Waals surface area contributed by atoms with E-state index in [4.69, 9.17) is 9.47 Å². The van der Waals surface area contributed by atoms with Gasteiger partial charge in [0.25, 0.3) is 5.56 Å². The quantitative estimate of drug-likeness (QED) is 0.477. The van der Waals surface area contributed by atoms with Gasteiger partial charge in [-0.1, -0.05) is 17.7 Å². The lowest BCUT2D eigenvalue weighted by molar-refractivity contribution is 0.415. The van der Waals surface area contributed by atoms with E-state index in [1.165, 1.54) is 4.57 Å². The highest BCUT2D eigenvalue weighted by Gasteiger charge is 2.17. The standard InChI is InChI=1S/C25H22N2O4/c1-16-4-8-18(9-5-16)27-24(28)22-14-20(31-3)12-13-21(22)23(25(27)29)15-26-17-6-10-19(30-2)11-7-17/h4-15,29H,1-3H3. The van der Waals surface area contributed by atoms with Gasteiger partial charge in [-0.2, -0.15) is 0 Å². The topological polar surface area (TPSA) is 73.0 Å². The van der Waals surface area contributed by atoms with Crippen molar-refractivity contribution >= 4 is 22.7 Å². The Hall–Kier alpha value is -4.06. The highest BCUT2D eigenvalue weighted by molar-refractivity contribution is 6.02. The van der Waals surface area contributed by atoms with Crippen LogP contribution in [0.15, 0.2) is 76.5 Å². The molecule has 0 unspecified atom stereocenters. The van der Waals surface area contributed by atoms with Crippen LogP contribution < -0.4 is 15.0 Å². The second-order valence-electron chi connectivity index (χ2n) is 7.08. The Morgan fingerprint density at radius 1 is 0.871 bits per heavy atom. The molecule has 0 saturated heterocycles. The number of aromatic nitrogens is 1. The maximum absolute atomic E-state index is 13.3. The van der Waals surface area contributed by atoms with Crippen molar-refractivity contribution in [3.8, 4) is 23.1 Å². The number of pyridine rings is 1. The number of aliphatic imine (C=N–C) groups is 1. The summed E-state index contributed by atoms with van der Waals surface area (Å²) in [5.41, 5.74) is 2.41. The molecule has 0 aliphatic heterocycles. The van der Waals surface area contributed by atoms with E-state index in [2.05, 4.69) is 4.99 Å². The van der Waals surface area contributed by atoms with Crippen molar-refractivity contribution in [2.75, 3.05) is 14.2 Å². The Morgan fingerprint density at radius 2 is 1.52 bits per heavy atom. The molecule has 0 spiro atoms. The van der Waals surface area contributed by atoms with Gasteiger partial charge in [0.1, 0.15) is 11.5 Å². The van der Waals surface area contributed by atoms with Gasteiger partial charge in [-0.3, -0.25) is 9.79 Å². The minimum absolute atomic E-state index is 0.177. The van der Waals surface area contributed by atoms with Gasteiger partial charge in [0.05, 0.1) is 36.5 Å². The number of fused-ring (bicyclic) bond motifs is 1. The summed E-state index contributed by atoms with van der Waals surface area (Å²) in [6.07, 6.45) is 1.57. The number of nitrogens with zero attached hydrogens (tertiary/aromatic N) is 2. The molecule has 3 aromatic carbocycles. The molecule has 1 heterocycles. The maximum Gasteiger partial charge on any atom is 0.265 e. The summed E-state index contributed by atoms with van der Waals surface area (Å²) in [6, 6.07) is 19.8. The van der Waals surface area contributed by atoms with E-state index in [1.54, 1.807) is 50.8 Å². The predicted molar refractivity (Wildman–Crippen MR) is 123 cm³/mol. The zero-order valence-electron chi connectivity index (χ0n) is 17.5. The lowest BCUT2D eigenvalue weighted by Gasteiger charge is -2.14. The number of aromatic hydroxyl groups is 1. The van der Waals surface area contributed by atoms with E-state index < -0.39 is 0 Å². The van der Waals surface area contributed by atoms with Crippen molar-refractivity contribution in [1.82, 2.24) is 4.57 Å². The Labute approximate surface area is 179 Å². The maximum atomic E-state index is 13.3. The zero-order chi connectivity index (χ0) is 22.0. The largest absolute Gasteiger partial charge is 0.497 e. The number of hydrogen-bond donors (Lipinski definition) is 1. The van der Waals surface area contributed by atoms with Crippen LogP contribution in [0, 0.1) is 6.92 Å². The first kappa shape index (κ1) is 20.2. The van der Waals surface area contributed by atoms with Gasteiger partial charge in [0.2, 0.25) is 5.88 Å². The van der Waals surface area contributed by atoms with Crippen molar-refractivity contribution in [2.45, 2.75) is 6.92 Å². The number of rotatable bonds is 5. The Balaban J connectivity index is 1.95. The number of aryl methyl sites for hydroxylation is 1. The molecule has 4 rings (SSSR count). The molecule has 6 nitrogen and oxygen atoms in total. The van der Waals surface area contributed by atoms with E-state index in [1.807, 2.05) is 43.3 Å². The zero-order valence-corrected chi connectivity index (χ0v) is 17.5. The fourth-order valence-electron chi connectivity index (χ4n) is 3.39. The SMILES string of the molecule is COc1ccc(N=Cc2c(O)n(-c3ccc(C)cc3)c(=O)c3cc(OC)ccc23)cc1. The van der Waals surface area contributed by atoms with Gasteiger partial charge < -0.3 is 14.6 Å². The number of ether oxygens (including phenoxy) is 2. The molecule has 156 valence electrons. The van der Waals surface area contributed by atoms with E-state index >= 15 is 0 Å². The van der Waals surface area contributed by atoms with Crippen LogP contribution >= 0.6 is 0 Å². The van der Waals surface area contributed by atoms with Crippen LogP contribution in [0.3, 0.4) is 0 Å². The average molecular weight is 414 g/mol. The van der Waals surface area contributed by atoms with Crippen molar-refractivity contribution < 1.29 is 14.6 Å². The molecule has 0 atom stereocenters. The molecule has 1 aromatic heterocycles. The van der Waals surface area contributed by atoms with E-state index in [0.29, 0.717) is 33.5 Å². The molecule has 0 amide bonds. The lowest BCUT2D eigenvalue weighted by Crippen LogP contribution is -2.20. The Morgan fingerprint density at radius 3 is 2.16 bits per heavy atom. The predicted octanol–water partition coefficient (Wildman–Crippen LogP) is 4.77. The molecule has 0 aliphatic rings. The third-order valence-electron chi connectivity index (χ3n) is 5.11. The molecule has 6 heteroatoms. The van der Waals surface area contributed by atoms with Crippen LogP contribution in [0.25, 0.3) is 16.5 Å². The highest BCUT2D eigenvalue weighted by Crippen LogP contribution is 2.29.